The van der Waals surface area contributed by atoms with Gasteiger partial charge in [0.1, 0.15) is 23.8 Å². The number of hydrogen-bond donors (Lipinski definition) is 2. The van der Waals surface area contributed by atoms with E-state index in [1.165, 1.54) is 0 Å². The molecule has 0 unspecified atom stereocenters. The van der Waals surface area contributed by atoms with Gasteiger partial charge in [-0.25, -0.2) is 26.0 Å². The Kier molecular flexibility index (Phi) is 18.0. The molecule has 2 N–H and O–H groups in total. The third-order valence-electron chi connectivity index (χ3n) is 7.62. The molecule has 300 valence electrons. The van der Waals surface area contributed by atoms with Crippen molar-refractivity contribution in [2.45, 2.75) is 44.9 Å². The summed E-state index contributed by atoms with van der Waals surface area (Å²) in [6, 6.07) is 32.8. The topological polar surface area (TPSA) is 196 Å². The van der Waals surface area contributed by atoms with Crippen LogP contribution in [0, 0.1) is 0 Å². The fraction of sp³-hybridized carbons (Fsp3) is 0.231. The fourth-order valence-corrected chi connectivity index (χ4v) is 7.53. The van der Waals surface area contributed by atoms with Crippen LogP contribution in [0.15, 0.2) is 153 Å². The minimum Gasteiger partial charge on any atom is -0.748 e. The van der Waals surface area contributed by atoms with Gasteiger partial charge in [0, 0.05) is 35.2 Å². The first-order valence-corrected chi connectivity index (χ1v) is 22.7. The highest BCUT2D eigenvalue weighted by Crippen LogP contribution is 2.22. The van der Waals surface area contributed by atoms with Crippen molar-refractivity contribution in [3.8, 4) is 0 Å². The number of anilines is 2. The first-order chi connectivity index (χ1) is 27.4. The molecule has 0 radical (unpaired) electrons. The summed E-state index contributed by atoms with van der Waals surface area (Å²) in [4.78, 5) is 0. The molecule has 0 aliphatic carbocycles. The summed E-state index contributed by atoms with van der Waals surface area (Å²) in [6.07, 6.45) is 5.04. The standard InChI is InChI=1S/C25H28N8S2.2C7H8O3S/c1-3-32-16-18-34-24(32)30-28-22-10-6-20(7-11-22)26-14-5-15-27-21-8-12-23(13-9-21)29-31-25-33(4-2)17-19-35-25;2*8-11(9,10)6-7-4-2-1-3-5-7/h6-13,16-19H,3-5,14-15H2,1-2H3;2*1-5H,6H2,(H,8,9,10). The van der Waals surface area contributed by atoms with Gasteiger partial charge >= 0.3 is 10.3 Å². The lowest BCUT2D eigenvalue weighted by Crippen LogP contribution is -2.28. The van der Waals surface area contributed by atoms with E-state index in [0.29, 0.717) is 11.1 Å². The number of rotatable bonds is 16. The zero-order valence-corrected chi connectivity index (χ0v) is 34.7. The van der Waals surface area contributed by atoms with Crippen LogP contribution in [0.25, 0.3) is 0 Å². The molecule has 0 aliphatic rings. The van der Waals surface area contributed by atoms with Crippen LogP contribution in [0.5, 0.6) is 0 Å². The molecule has 0 bridgehead atoms. The molecule has 0 spiro atoms. The van der Waals surface area contributed by atoms with Crippen molar-refractivity contribution in [3.05, 3.63) is 143 Å². The smallest absolute Gasteiger partial charge is 0.408 e. The van der Waals surface area contributed by atoms with Gasteiger partial charge in [-0.2, -0.15) is 0 Å². The van der Waals surface area contributed by atoms with E-state index >= 15 is 0 Å². The summed E-state index contributed by atoms with van der Waals surface area (Å²) in [5, 5.41) is 30.2. The highest BCUT2D eigenvalue weighted by atomic mass is 32.2. The van der Waals surface area contributed by atoms with Gasteiger partial charge in [0.2, 0.25) is 0 Å². The van der Waals surface area contributed by atoms with Crippen LogP contribution < -0.4 is 19.8 Å². The number of nitrogens with zero attached hydrogens (tertiary/aromatic N) is 6. The molecule has 2 heterocycles. The molecule has 2 aromatic heterocycles. The quantitative estimate of drug-likeness (QED) is 0.0418. The Hall–Kier alpha value is -5.24. The van der Waals surface area contributed by atoms with Crippen molar-refractivity contribution in [1.82, 2.24) is 0 Å². The largest absolute Gasteiger partial charge is 0.748 e. The number of nitrogens with one attached hydrogen (secondary N) is 2. The van der Waals surface area contributed by atoms with Gasteiger partial charge in [0.25, 0.3) is 0 Å². The van der Waals surface area contributed by atoms with Gasteiger partial charge in [0.05, 0.1) is 55.1 Å². The maximum atomic E-state index is 10.2. The number of thiazole rings is 2. The first-order valence-electron chi connectivity index (χ1n) is 17.8. The third-order valence-corrected chi connectivity index (χ3v) is 10.6. The van der Waals surface area contributed by atoms with Crippen molar-refractivity contribution in [2.24, 2.45) is 20.5 Å². The Labute approximate surface area is 341 Å². The zero-order valence-electron chi connectivity index (χ0n) is 31.4. The van der Waals surface area contributed by atoms with Crippen LogP contribution in [0.2, 0.25) is 0 Å². The van der Waals surface area contributed by atoms with E-state index in [1.807, 2.05) is 71.7 Å². The van der Waals surface area contributed by atoms with Crippen molar-refractivity contribution in [1.29, 1.82) is 0 Å². The Morgan fingerprint density at radius 2 is 0.912 bits per heavy atom. The lowest BCUT2D eigenvalue weighted by Gasteiger charge is -2.08. The van der Waals surface area contributed by atoms with E-state index < -0.39 is 31.7 Å². The summed E-state index contributed by atoms with van der Waals surface area (Å²) in [5.74, 6) is -0.846. The van der Waals surface area contributed by atoms with Crippen LogP contribution in [-0.4, -0.2) is 39.0 Å². The summed E-state index contributed by atoms with van der Waals surface area (Å²) < 4.78 is 65.6. The fourth-order valence-electron chi connectivity index (χ4n) is 4.84. The molecule has 0 fully saturated rings. The van der Waals surface area contributed by atoms with E-state index in [-0.39, 0.29) is 0 Å². The second-order valence-corrected chi connectivity index (χ2v) is 16.6. The molecule has 0 atom stereocenters. The summed E-state index contributed by atoms with van der Waals surface area (Å²) in [5.41, 5.74) is 4.90. The monoisotopic (exact) mass is 848 g/mol. The molecule has 0 amide bonds. The molecule has 18 heteroatoms. The Bertz CT molecular complexity index is 2190. The minimum absolute atomic E-state index is 0.423. The normalized spacial score (nSPS) is 11.4. The Morgan fingerprint density at radius 1 is 0.544 bits per heavy atom. The van der Waals surface area contributed by atoms with Gasteiger partial charge in [-0.15, -0.1) is 0 Å². The molecular formula is C39H44N8O6S4. The van der Waals surface area contributed by atoms with Crippen molar-refractivity contribution >= 4 is 75.9 Å². The average Bonchev–Trinajstić information content (AvgIpc) is 3.86. The van der Waals surface area contributed by atoms with Crippen molar-refractivity contribution in [3.63, 3.8) is 0 Å². The van der Waals surface area contributed by atoms with Crippen LogP contribution >= 0.6 is 22.7 Å². The first kappa shape index (κ1) is 44.5. The summed E-state index contributed by atoms with van der Waals surface area (Å²) >= 11 is 3.18. The highest BCUT2D eigenvalue weighted by molar-refractivity contribution is 7.85. The van der Waals surface area contributed by atoms with Gasteiger partial charge in [0.15, 0.2) is 0 Å². The number of azo groups is 2. The lowest BCUT2D eigenvalue weighted by molar-refractivity contribution is -0.677. The molecule has 0 saturated heterocycles. The second-order valence-electron chi connectivity index (χ2n) is 12.0. The van der Waals surface area contributed by atoms with Crippen molar-refractivity contribution in [2.75, 3.05) is 23.7 Å². The van der Waals surface area contributed by atoms with Gasteiger partial charge in [-0.05, 0) is 113 Å². The third kappa shape index (κ3) is 17.6. The molecule has 14 nitrogen and oxygen atoms in total. The van der Waals surface area contributed by atoms with Crippen LogP contribution in [-0.2, 0) is 44.8 Å². The van der Waals surface area contributed by atoms with Gasteiger partial charge in [-0.3, -0.25) is 0 Å². The summed E-state index contributed by atoms with van der Waals surface area (Å²) in [7, 11) is -8.25. The maximum absolute atomic E-state index is 10.2. The molecular weight excluding hydrogens is 805 g/mol. The van der Waals surface area contributed by atoms with E-state index in [2.05, 4.69) is 54.1 Å². The molecule has 57 heavy (non-hydrogen) atoms. The number of aryl methyl sites for hydroxylation is 2. The van der Waals surface area contributed by atoms with E-state index in [4.69, 9.17) is 0 Å². The van der Waals surface area contributed by atoms with E-state index in [1.54, 1.807) is 83.3 Å². The van der Waals surface area contributed by atoms with Gasteiger partial charge in [-0.1, -0.05) is 60.7 Å². The maximum Gasteiger partial charge on any atom is 0.408 e. The molecule has 0 saturated carbocycles. The Balaban J connectivity index is 0.000000265. The molecule has 0 aliphatic heterocycles. The lowest BCUT2D eigenvalue weighted by atomic mass is 10.2. The minimum atomic E-state index is -4.13. The average molecular weight is 849 g/mol. The Morgan fingerprint density at radius 3 is 1.25 bits per heavy atom. The SMILES string of the molecule is CC[n+]1ccsc1N=Nc1ccc(NCCCNc2ccc(N=Nc3scc[n+]3CC)cc2)cc1.O=S(=O)([O-])Cc1ccccc1.O=S(=O)([O-])Cc1ccccc1. The zero-order chi connectivity index (χ0) is 40.9. The predicted octanol–water partition coefficient (Wildman–Crippen LogP) is 8.63. The molecule has 4 aromatic carbocycles. The highest BCUT2D eigenvalue weighted by Gasteiger charge is 2.10. The second kappa shape index (κ2) is 23.1. The van der Waals surface area contributed by atoms with E-state index in [0.717, 1.165) is 65.6 Å². The van der Waals surface area contributed by atoms with Crippen molar-refractivity contribution < 1.29 is 35.1 Å². The van der Waals surface area contributed by atoms with Gasteiger partial charge < -0.3 is 19.7 Å². The molecule has 6 aromatic rings. The number of hydrogen-bond acceptors (Lipinski definition) is 14. The number of aromatic nitrogens is 2. The summed E-state index contributed by atoms with van der Waals surface area (Å²) in [6.45, 7) is 7.73. The van der Waals surface area contributed by atoms with Crippen LogP contribution in [0.1, 0.15) is 31.4 Å². The van der Waals surface area contributed by atoms with E-state index in [9.17, 15) is 25.9 Å². The van der Waals surface area contributed by atoms with Crippen LogP contribution in [0.3, 0.4) is 0 Å². The molecule has 6 rings (SSSR count). The number of benzene rings is 4. The predicted molar refractivity (Wildman–Crippen MR) is 223 cm³/mol. The van der Waals surface area contributed by atoms with Crippen LogP contribution in [0.4, 0.5) is 33.0 Å².